The Morgan fingerprint density at radius 1 is 0.718 bits per heavy atom. The van der Waals surface area contributed by atoms with Crippen LogP contribution < -0.4 is 19.4 Å². The highest BCUT2D eigenvalue weighted by atomic mass is 16.7. The van der Waals surface area contributed by atoms with Crippen LogP contribution in [-0.2, 0) is 14.4 Å². The van der Waals surface area contributed by atoms with E-state index in [1.54, 1.807) is 29.3 Å². The molecule has 2 aliphatic rings. The number of hydrogen-bond acceptors (Lipinski definition) is 6. The third-order valence-electron chi connectivity index (χ3n) is 7.27. The maximum atomic E-state index is 13.8. The number of unbranched alkanes of at least 4 members (excludes halogenated alkanes) is 4. The highest BCUT2D eigenvalue weighted by Gasteiger charge is 2.60. The van der Waals surface area contributed by atoms with Gasteiger partial charge < -0.3 is 9.47 Å². The summed E-state index contributed by atoms with van der Waals surface area (Å²) in [5.74, 6) is 0.161. The number of benzene rings is 3. The Balaban J connectivity index is 1.37. The van der Waals surface area contributed by atoms with Gasteiger partial charge in [-0.1, -0.05) is 62.9 Å². The van der Waals surface area contributed by atoms with Gasteiger partial charge in [0.15, 0.2) is 6.10 Å². The maximum Gasteiger partial charge on any atom is 0.266 e. The first-order valence-electron chi connectivity index (χ1n) is 14.0. The molecule has 2 amide bonds. The van der Waals surface area contributed by atoms with Crippen molar-refractivity contribution in [2.24, 2.45) is 5.92 Å². The van der Waals surface area contributed by atoms with Crippen LogP contribution in [0.4, 0.5) is 11.4 Å². The van der Waals surface area contributed by atoms with Crippen molar-refractivity contribution in [1.29, 1.82) is 0 Å². The van der Waals surface area contributed by atoms with Crippen molar-refractivity contribution in [2.75, 3.05) is 23.2 Å². The molecule has 5 rings (SSSR count). The summed E-state index contributed by atoms with van der Waals surface area (Å²) in [7, 11) is 0. The van der Waals surface area contributed by atoms with Gasteiger partial charge in [-0.15, -0.1) is 0 Å². The van der Waals surface area contributed by atoms with Crippen LogP contribution in [-0.4, -0.2) is 31.1 Å². The van der Waals surface area contributed by atoms with Crippen LogP contribution in [0.5, 0.6) is 11.5 Å². The summed E-state index contributed by atoms with van der Waals surface area (Å²) in [6.45, 7) is 5.34. The van der Waals surface area contributed by atoms with E-state index in [-0.39, 0.29) is 11.8 Å². The molecule has 2 aliphatic heterocycles. The van der Waals surface area contributed by atoms with Gasteiger partial charge in [0, 0.05) is 0 Å². The van der Waals surface area contributed by atoms with E-state index in [4.69, 9.17) is 14.3 Å². The van der Waals surface area contributed by atoms with Gasteiger partial charge in [-0.3, -0.25) is 14.4 Å². The van der Waals surface area contributed by atoms with Crippen molar-refractivity contribution in [3.8, 4) is 11.5 Å². The Morgan fingerprint density at radius 3 is 2.08 bits per heavy atom. The number of rotatable bonds is 12. The Bertz CT molecular complexity index is 1250. The summed E-state index contributed by atoms with van der Waals surface area (Å²) in [4.78, 5) is 34.8. The number of amides is 2. The first kappa shape index (κ1) is 26.8. The minimum absolute atomic E-state index is 0.273. The van der Waals surface area contributed by atoms with Gasteiger partial charge in [0.2, 0.25) is 5.91 Å². The van der Waals surface area contributed by atoms with Crippen LogP contribution in [0.3, 0.4) is 0 Å². The molecule has 39 heavy (non-hydrogen) atoms. The van der Waals surface area contributed by atoms with Crippen molar-refractivity contribution < 1.29 is 23.9 Å². The zero-order valence-corrected chi connectivity index (χ0v) is 22.6. The highest BCUT2D eigenvalue weighted by Crippen LogP contribution is 2.47. The van der Waals surface area contributed by atoms with Crippen molar-refractivity contribution >= 4 is 23.2 Å². The number of anilines is 2. The Hall–Kier alpha value is -3.84. The molecule has 0 radical (unpaired) electrons. The lowest BCUT2D eigenvalue weighted by atomic mass is 9.90. The molecule has 3 aromatic rings. The minimum atomic E-state index is -0.909. The molecule has 0 aromatic heterocycles. The Labute approximate surface area is 230 Å². The fraction of sp³-hybridized carbons (Fsp3) is 0.375. The van der Waals surface area contributed by atoms with E-state index >= 15 is 0 Å². The van der Waals surface area contributed by atoms with Crippen molar-refractivity contribution in [2.45, 2.75) is 58.1 Å². The average molecular weight is 529 g/mol. The van der Waals surface area contributed by atoms with E-state index < -0.39 is 18.1 Å². The normalized spacial score (nSPS) is 20.4. The molecular weight excluding hydrogens is 492 g/mol. The molecule has 7 nitrogen and oxygen atoms in total. The van der Waals surface area contributed by atoms with Gasteiger partial charge in [-0.05, 0) is 67.4 Å². The summed E-state index contributed by atoms with van der Waals surface area (Å²) in [5.41, 5.74) is 2.19. The second-order valence-electron chi connectivity index (χ2n) is 9.93. The molecule has 0 bridgehead atoms. The van der Waals surface area contributed by atoms with Crippen molar-refractivity contribution in [3.05, 3.63) is 84.4 Å². The van der Waals surface area contributed by atoms with E-state index in [9.17, 15) is 9.59 Å². The first-order chi connectivity index (χ1) is 19.1. The van der Waals surface area contributed by atoms with Crippen molar-refractivity contribution in [3.63, 3.8) is 0 Å². The number of ether oxygens (including phenoxy) is 2. The van der Waals surface area contributed by atoms with Gasteiger partial charge in [0.25, 0.3) is 5.91 Å². The minimum Gasteiger partial charge on any atom is -0.494 e. The lowest BCUT2D eigenvalue weighted by Crippen LogP contribution is -2.37. The van der Waals surface area contributed by atoms with Gasteiger partial charge in [0.05, 0.1) is 30.6 Å². The second-order valence-corrected chi connectivity index (χ2v) is 9.93. The molecule has 0 aliphatic carbocycles. The molecule has 0 spiro atoms. The predicted molar refractivity (Wildman–Crippen MR) is 151 cm³/mol. The Kier molecular flexibility index (Phi) is 8.47. The van der Waals surface area contributed by atoms with Crippen LogP contribution in [0.1, 0.15) is 57.6 Å². The highest BCUT2D eigenvalue weighted by molar-refractivity contribution is 6.23. The maximum absolute atomic E-state index is 13.8. The molecule has 2 fully saturated rings. The lowest BCUT2D eigenvalue weighted by Gasteiger charge is -2.29. The third-order valence-corrected chi connectivity index (χ3v) is 7.27. The lowest BCUT2D eigenvalue weighted by molar-refractivity contribution is -0.126. The number of hydrogen-bond donors (Lipinski definition) is 0. The number of nitrogens with zero attached hydrogens (tertiary/aromatic N) is 2. The predicted octanol–water partition coefficient (Wildman–Crippen LogP) is 6.49. The van der Waals surface area contributed by atoms with Crippen LogP contribution in [0.2, 0.25) is 0 Å². The molecule has 3 atom stereocenters. The zero-order valence-electron chi connectivity index (χ0n) is 22.6. The number of hydroxylamine groups is 1. The summed E-state index contributed by atoms with van der Waals surface area (Å²) >= 11 is 0. The zero-order chi connectivity index (χ0) is 27.2. The topological polar surface area (TPSA) is 68.3 Å². The summed E-state index contributed by atoms with van der Waals surface area (Å²) < 4.78 is 11.5. The largest absolute Gasteiger partial charge is 0.494 e. The second kappa shape index (κ2) is 12.3. The number of carbonyl (C=O) groups excluding carboxylic acids is 2. The molecule has 0 N–H and O–H groups in total. The summed E-state index contributed by atoms with van der Waals surface area (Å²) in [6, 6.07) is 23.9. The number of carbonyl (C=O) groups is 2. The fourth-order valence-electron chi connectivity index (χ4n) is 5.32. The SMILES string of the molecule is CCCCCCCOc1ccc([C@@H]2[C@H]3C(=O)N(c4ccc(OCC)cc4)C(=O)[C@H]3ON2c2ccccc2)cc1. The van der Waals surface area contributed by atoms with Crippen molar-refractivity contribution in [1.82, 2.24) is 0 Å². The quantitative estimate of drug-likeness (QED) is 0.198. The molecular formula is C32H36N2O5. The number of imide groups is 1. The monoisotopic (exact) mass is 528 g/mol. The van der Waals surface area contributed by atoms with Crippen LogP contribution in [0, 0.1) is 5.92 Å². The molecule has 2 heterocycles. The number of fused-ring (bicyclic) bond motifs is 1. The van der Waals surface area contributed by atoms with Crippen LogP contribution in [0.25, 0.3) is 0 Å². The molecule has 204 valence electrons. The van der Waals surface area contributed by atoms with E-state index in [0.29, 0.717) is 24.7 Å². The average Bonchev–Trinajstić information content (AvgIpc) is 3.48. The van der Waals surface area contributed by atoms with Gasteiger partial charge in [-0.2, -0.15) is 0 Å². The first-order valence-corrected chi connectivity index (χ1v) is 14.0. The van der Waals surface area contributed by atoms with E-state index in [0.717, 1.165) is 23.4 Å². The Morgan fingerprint density at radius 2 is 1.38 bits per heavy atom. The molecule has 0 saturated carbocycles. The van der Waals surface area contributed by atoms with E-state index in [1.807, 2.05) is 61.5 Å². The third kappa shape index (κ3) is 5.64. The molecule has 3 aromatic carbocycles. The molecule has 7 heteroatoms. The fourth-order valence-corrected chi connectivity index (χ4v) is 5.32. The molecule has 2 saturated heterocycles. The van der Waals surface area contributed by atoms with Crippen LogP contribution >= 0.6 is 0 Å². The van der Waals surface area contributed by atoms with Gasteiger partial charge in [-0.25, -0.2) is 9.96 Å². The van der Waals surface area contributed by atoms with E-state index in [1.165, 1.54) is 30.6 Å². The standard InChI is InChI=1S/C32H36N2O5/c1-3-5-6-7-11-22-38-27-18-14-23(15-19-27)29-28-30(39-34(29)25-12-9-8-10-13-25)32(36)33(31(28)35)24-16-20-26(21-17-24)37-4-2/h8-10,12-21,28-30H,3-7,11,22H2,1-2H3/t28-,29-,30+/m1/s1. The van der Waals surface area contributed by atoms with E-state index in [2.05, 4.69) is 6.92 Å². The molecule has 0 unspecified atom stereocenters. The summed E-state index contributed by atoms with van der Waals surface area (Å²) in [6.07, 6.45) is 5.01. The van der Waals surface area contributed by atoms with Crippen LogP contribution in [0.15, 0.2) is 78.9 Å². The van der Waals surface area contributed by atoms with Gasteiger partial charge >= 0.3 is 0 Å². The van der Waals surface area contributed by atoms with Gasteiger partial charge in [0.1, 0.15) is 17.4 Å². The smallest absolute Gasteiger partial charge is 0.266 e. The summed E-state index contributed by atoms with van der Waals surface area (Å²) in [5, 5.41) is 1.71. The number of para-hydroxylation sites is 1.